The fraction of sp³-hybridized carbons (Fsp3) is 0.300. The van der Waals surface area contributed by atoms with Crippen LogP contribution < -0.4 is 5.73 Å². The van der Waals surface area contributed by atoms with E-state index in [1.165, 1.54) is 6.07 Å². The molecule has 0 unspecified atom stereocenters. The van der Waals surface area contributed by atoms with Crippen molar-refractivity contribution in [3.8, 4) is 0 Å². The number of carbonyl (C=O) groups excluding carboxylic acids is 1. The van der Waals surface area contributed by atoms with Gasteiger partial charge in [-0.2, -0.15) is 0 Å². The highest BCUT2D eigenvalue weighted by Crippen LogP contribution is 2.20. The maximum atomic E-state index is 11.4. The molecule has 1 aromatic rings. The summed E-state index contributed by atoms with van der Waals surface area (Å²) < 4.78 is 4.99. The Bertz CT molecular complexity index is 350. The van der Waals surface area contributed by atoms with Crippen LogP contribution in [0.5, 0.6) is 0 Å². The summed E-state index contributed by atoms with van der Waals surface area (Å²) in [7, 11) is 0. The lowest BCUT2D eigenvalue weighted by molar-refractivity contribution is 0.0378. The molecule has 0 aliphatic heterocycles. The zero-order valence-electron chi connectivity index (χ0n) is 8.08. The third-order valence-electron chi connectivity index (χ3n) is 1.57. The van der Waals surface area contributed by atoms with E-state index in [4.69, 9.17) is 22.1 Å². The summed E-state index contributed by atoms with van der Waals surface area (Å²) in [6.07, 6.45) is -0.139. The van der Waals surface area contributed by atoms with E-state index in [0.717, 1.165) is 0 Å². The van der Waals surface area contributed by atoms with Crippen LogP contribution in [0.4, 0.5) is 5.69 Å². The highest BCUT2D eigenvalue weighted by molar-refractivity contribution is 6.33. The molecule has 4 heteroatoms. The Balaban J connectivity index is 2.86. The first-order valence-corrected chi connectivity index (χ1v) is 4.64. The maximum absolute atomic E-state index is 11.4. The molecule has 0 heterocycles. The van der Waals surface area contributed by atoms with Crippen molar-refractivity contribution in [1.29, 1.82) is 0 Å². The minimum atomic E-state index is -0.386. The molecule has 0 fully saturated rings. The lowest BCUT2D eigenvalue weighted by Gasteiger charge is -2.08. The van der Waals surface area contributed by atoms with Crippen LogP contribution in [0, 0.1) is 0 Å². The van der Waals surface area contributed by atoms with Gasteiger partial charge in [0.1, 0.15) is 0 Å². The molecule has 3 nitrogen and oxygen atoms in total. The molecule has 0 aromatic heterocycles. The molecule has 0 aliphatic carbocycles. The maximum Gasteiger partial charge on any atom is 0.338 e. The van der Waals surface area contributed by atoms with Gasteiger partial charge in [0.25, 0.3) is 0 Å². The van der Waals surface area contributed by atoms with Gasteiger partial charge >= 0.3 is 5.97 Å². The lowest BCUT2D eigenvalue weighted by atomic mass is 10.2. The van der Waals surface area contributed by atoms with Crippen LogP contribution in [0.15, 0.2) is 18.2 Å². The second kappa shape index (κ2) is 4.33. The summed E-state index contributed by atoms with van der Waals surface area (Å²) in [4.78, 5) is 11.4. The predicted octanol–water partition coefficient (Wildman–Crippen LogP) is 2.49. The molecule has 0 saturated carbocycles. The van der Waals surface area contributed by atoms with Crippen LogP contribution in [-0.2, 0) is 4.74 Å². The number of benzene rings is 1. The summed E-state index contributed by atoms with van der Waals surface area (Å²) in [6.45, 7) is 3.58. The molecule has 0 atom stereocenters. The number of nitrogens with two attached hydrogens (primary N) is 1. The van der Waals surface area contributed by atoms with Crippen LogP contribution in [0.3, 0.4) is 0 Å². The van der Waals surface area contributed by atoms with E-state index >= 15 is 0 Å². The SMILES string of the molecule is CC(C)OC(=O)c1ccc(Cl)c(N)c1. The predicted molar refractivity (Wildman–Crippen MR) is 56.4 cm³/mol. The Kier molecular flexibility index (Phi) is 3.36. The zero-order chi connectivity index (χ0) is 10.7. The van der Waals surface area contributed by atoms with Crippen molar-refractivity contribution in [3.05, 3.63) is 28.8 Å². The topological polar surface area (TPSA) is 52.3 Å². The molecule has 2 N–H and O–H groups in total. The normalized spacial score (nSPS) is 10.3. The van der Waals surface area contributed by atoms with Crippen LogP contribution in [-0.4, -0.2) is 12.1 Å². The molecular formula is C10H12ClNO2. The molecule has 0 bridgehead atoms. The zero-order valence-corrected chi connectivity index (χ0v) is 8.84. The highest BCUT2D eigenvalue weighted by Gasteiger charge is 2.10. The van der Waals surface area contributed by atoms with Crippen molar-refractivity contribution in [2.45, 2.75) is 20.0 Å². The first-order chi connectivity index (χ1) is 6.50. The van der Waals surface area contributed by atoms with Crippen LogP contribution in [0.25, 0.3) is 0 Å². The van der Waals surface area contributed by atoms with Crippen molar-refractivity contribution in [3.63, 3.8) is 0 Å². The molecule has 14 heavy (non-hydrogen) atoms. The molecule has 0 saturated heterocycles. The molecule has 0 aliphatic rings. The largest absolute Gasteiger partial charge is 0.459 e. The Morgan fingerprint density at radius 2 is 2.14 bits per heavy atom. The molecule has 1 aromatic carbocycles. The summed E-state index contributed by atoms with van der Waals surface area (Å²) in [6, 6.07) is 4.67. The second-order valence-electron chi connectivity index (χ2n) is 3.19. The molecule has 0 radical (unpaired) electrons. The lowest BCUT2D eigenvalue weighted by Crippen LogP contribution is -2.11. The average Bonchev–Trinajstić information content (AvgIpc) is 2.08. The Labute approximate surface area is 87.8 Å². The van der Waals surface area contributed by atoms with Gasteiger partial charge in [-0.3, -0.25) is 0 Å². The van der Waals surface area contributed by atoms with Gasteiger partial charge in [0.2, 0.25) is 0 Å². The minimum Gasteiger partial charge on any atom is -0.459 e. The van der Waals surface area contributed by atoms with Crippen molar-refractivity contribution < 1.29 is 9.53 Å². The number of esters is 1. The summed E-state index contributed by atoms with van der Waals surface area (Å²) in [5, 5.41) is 0.436. The number of ether oxygens (including phenoxy) is 1. The fourth-order valence-corrected chi connectivity index (χ4v) is 1.07. The van der Waals surface area contributed by atoms with Gasteiger partial charge in [-0.25, -0.2) is 4.79 Å². The van der Waals surface area contributed by atoms with E-state index < -0.39 is 0 Å². The Morgan fingerprint density at radius 1 is 1.50 bits per heavy atom. The molecule has 0 spiro atoms. The summed E-state index contributed by atoms with van der Waals surface area (Å²) >= 11 is 5.71. The summed E-state index contributed by atoms with van der Waals surface area (Å²) in [5.41, 5.74) is 6.35. The van der Waals surface area contributed by atoms with Crippen LogP contribution >= 0.6 is 11.6 Å². The smallest absolute Gasteiger partial charge is 0.338 e. The second-order valence-corrected chi connectivity index (χ2v) is 3.60. The third kappa shape index (κ3) is 2.64. The van der Waals surface area contributed by atoms with Gasteiger partial charge in [-0.05, 0) is 32.0 Å². The molecule has 76 valence electrons. The van der Waals surface area contributed by atoms with Gasteiger partial charge in [0, 0.05) is 0 Å². The van der Waals surface area contributed by atoms with Gasteiger partial charge in [-0.15, -0.1) is 0 Å². The first kappa shape index (κ1) is 10.9. The van der Waals surface area contributed by atoms with Gasteiger partial charge in [0.05, 0.1) is 22.4 Å². The molecular weight excluding hydrogens is 202 g/mol. The van der Waals surface area contributed by atoms with Crippen LogP contribution in [0.1, 0.15) is 24.2 Å². The van der Waals surface area contributed by atoms with Crippen molar-refractivity contribution in [2.75, 3.05) is 5.73 Å². The average molecular weight is 214 g/mol. The molecule has 1 rings (SSSR count). The van der Waals surface area contributed by atoms with E-state index in [1.807, 2.05) is 0 Å². The highest BCUT2D eigenvalue weighted by atomic mass is 35.5. The number of hydrogen-bond donors (Lipinski definition) is 1. The van der Waals surface area contributed by atoms with E-state index in [0.29, 0.717) is 16.3 Å². The molecule has 0 amide bonds. The monoisotopic (exact) mass is 213 g/mol. The number of halogens is 1. The fourth-order valence-electron chi connectivity index (χ4n) is 0.953. The van der Waals surface area contributed by atoms with E-state index in [1.54, 1.807) is 26.0 Å². The number of carbonyl (C=O) groups is 1. The number of anilines is 1. The van der Waals surface area contributed by atoms with Crippen LogP contribution in [0.2, 0.25) is 5.02 Å². The quantitative estimate of drug-likeness (QED) is 0.607. The first-order valence-electron chi connectivity index (χ1n) is 4.26. The van der Waals surface area contributed by atoms with Gasteiger partial charge in [0.15, 0.2) is 0 Å². The van der Waals surface area contributed by atoms with E-state index in [-0.39, 0.29) is 12.1 Å². The number of hydrogen-bond acceptors (Lipinski definition) is 3. The Hall–Kier alpha value is -1.22. The summed E-state index contributed by atoms with van der Waals surface area (Å²) in [5.74, 6) is -0.386. The third-order valence-corrected chi connectivity index (χ3v) is 1.92. The van der Waals surface area contributed by atoms with Crippen molar-refractivity contribution in [2.24, 2.45) is 0 Å². The number of nitrogen functional groups attached to an aromatic ring is 1. The van der Waals surface area contributed by atoms with Gasteiger partial charge in [-0.1, -0.05) is 11.6 Å². The minimum absolute atomic E-state index is 0.139. The number of rotatable bonds is 2. The standard InChI is InChI=1S/C10H12ClNO2/c1-6(2)14-10(13)7-3-4-8(11)9(12)5-7/h3-6H,12H2,1-2H3. The van der Waals surface area contributed by atoms with E-state index in [9.17, 15) is 4.79 Å². The van der Waals surface area contributed by atoms with Gasteiger partial charge < -0.3 is 10.5 Å². The van der Waals surface area contributed by atoms with E-state index in [2.05, 4.69) is 0 Å². The Morgan fingerprint density at radius 3 is 2.64 bits per heavy atom. The van der Waals surface area contributed by atoms with Crippen molar-refractivity contribution >= 4 is 23.3 Å². The van der Waals surface area contributed by atoms with Crippen molar-refractivity contribution in [1.82, 2.24) is 0 Å².